The van der Waals surface area contributed by atoms with Crippen LogP contribution in [-0.4, -0.2) is 11.0 Å². The van der Waals surface area contributed by atoms with Gasteiger partial charge >= 0.3 is 0 Å². The van der Waals surface area contributed by atoms with E-state index in [4.69, 9.17) is 5.11 Å². The van der Waals surface area contributed by atoms with Gasteiger partial charge in [0.15, 0.2) is 0 Å². The van der Waals surface area contributed by atoms with Crippen LogP contribution in [0, 0.1) is 0 Å². The molecule has 0 radical (unpaired) electrons. The summed E-state index contributed by atoms with van der Waals surface area (Å²) in [6.45, 7) is 0.437. The lowest BCUT2D eigenvalue weighted by molar-refractivity contribution is 0.0955. The number of carbonyl (C=O) groups is 1. The lowest BCUT2D eigenvalue weighted by atomic mass is 10.2. The fourth-order valence-corrected chi connectivity index (χ4v) is 3.29. The average molecular weight is 391 g/mol. The number of phenols is 1. The van der Waals surface area contributed by atoms with Crippen LogP contribution in [0.5, 0.6) is 5.75 Å². The third kappa shape index (κ3) is 3.34. The minimum absolute atomic E-state index is 0.112. The summed E-state index contributed by atoms with van der Waals surface area (Å²) in [4.78, 5) is 12.5. The molecule has 2 aromatic rings. The van der Waals surface area contributed by atoms with Gasteiger partial charge < -0.3 is 10.4 Å². The molecule has 0 saturated carbocycles. The molecule has 0 aliphatic heterocycles. The predicted octanol–water partition coefficient (Wildman–Crippen LogP) is 3.91. The van der Waals surface area contributed by atoms with Crippen molar-refractivity contribution in [2.45, 2.75) is 6.54 Å². The molecule has 18 heavy (non-hydrogen) atoms. The molecule has 2 rings (SSSR count). The first-order valence-corrected chi connectivity index (χ1v) is 7.47. The largest absolute Gasteiger partial charge is 0.508 e. The van der Waals surface area contributed by atoms with Gasteiger partial charge in [0.1, 0.15) is 5.75 Å². The van der Waals surface area contributed by atoms with E-state index in [0.717, 1.165) is 13.8 Å². The zero-order valence-corrected chi connectivity index (χ0v) is 13.1. The van der Waals surface area contributed by atoms with Gasteiger partial charge in [0, 0.05) is 11.0 Å². The summed E-state index contributed by atoms with van der Waals surface area (Å²) < 4.78 is 1.78. The average Bonchev–Trinajstić information content (AvgIpc) is 2.69. The number of hydrogen-bond donors (Lipinski definition) is 2. The molecule has 0 spiro atoms. The maximum absolute atomic E-state index is 11.9. The summed E-state index contributed by atoms with van der Waals surface area (Å²) in [5.41, 5.74) is 0.941. The summed E-state index contributed by atoms with van der Waals surface area (Å²) in [5.74, 6) is 0.107. The van der Waals surface area contributed by atoms with Crippen LogP contribution in [-0.2, 0) is 6.54 Å². The van der Waals surface area contributed by atoms with E-state index >= 15 is 0 Å². The van der Waals surface area contributed by atoms with Crippen molar-refractivity contribution < 1.29 is 9.90 Å². The van der Waals surface area contributed by atoms with Crippen molar-refractivity contribution >= 4 is 49.1 Å². The Morgan fingerprint density at radius 2 is 1.94 bits per heavy atom. The zero-order valence-electron chi connectivity index (χ0n) is 9.11. The second kappa shape index (κ2) is 5.86. The van der Waals surface area contributed by atoms with Crippen molar-refractivity contribution in [3.8, 4) is 5.75 Å². The minimum atomic E-state index is -0.112. The first-order chi connectivity index (χ1) is 8.56. The van der Waals surface area contributed by atoms with E-state index in [1.54, 1.807) is 30.3 Å². The number of hydrogen-bond acceptors (Lipinski definition) is 3. The van der Waals surface area contributed by atoms with E-state index in [2.05, 4.69) is 37.2 Å². The Morgan fingerprint density at radius 3 is 2.50 bits per heavy atom. The zero-order chi connectivity index (χ0) is 13.1. The quantitative estimate of drug-likeness (QED) is 0.834. The summed E-state index contributed by atoms with van der Waals surface area (Å²) in [7, 11) is 0. The molecule has 0 fully saturated rings. The molecule has 0 unspecified atom stereocenters. The van der Waals surface area contributed by atoms with E-state index in [0.29, 0.717) is 11.4 Å². The number of phenolic OH excluding ortho intramolecular Hbond substituents is 1. The number of benzene rings is 1. The molecule has 0 atom stereocenters. The maximum atomic E-state index is 11.9. The Balaban J connectivity index is 1.98. The van der Waals surface area contributed by atoms with Gasteiger partial charge in [-0.25, -0.2) is 0 Å². The molecule has 1 aromatic heterocycles. The third-order valence-electron chi connectivity index (χ3n) is 2.26. The molecule has 94 valence electrons. The molecule has 1 aromatic carbocycles. The van der Waals surface area contributed by atoms with Crippen molar-refractivity contribution in [3.05, 3.63) is 49.0 Å². The molecule has 1 amide bonds. The Morgan fingerprint density at radius 1 is 1.28 bits per heavy atom. The lowest BCUT2D eigenvalue weighted by Crippen LogP contribution is -2.21. The molecule has 0 bridgehead atoms. The molecule has 0 aliphatic rings. The van der Waals surface area contributed by atoms with Crippen LogP contribution in [0.25, 0.3) is 0 Å². The van der Waals surface area contributed by atoms with E-state index in [1.165, 1.54) is 11.3 Å². The number of aromatic hydroxyl groups is 1. The van der Waals surface area contributed by atoms with Crippen molar-refractivity contribution in [1.82, 2.24) is 5.32 Å². The highest BCUT2D eigenvalue weighted by atomic mass is 79.9. The summed E-state index contributed by atoms with van der Waals surface area (Å²) in [6.07, 6.45) is 0. The lowest BCUT2D eigenvalue weighted by Gasteiger charge is -2.03. The van der Waals surface area contributed by atoms with Crippen LogP contribution < -0.4 is 5.32 Å². The van der Waals surface area contributed by atoms with Gasteiger partial charge in [-0.3, -0.25) is 4.79 Å². The maximum Gasteiger partial charge on any atom is 0.261 e. The number of amides is 1. The fraction of sp³-hybridized carbons (Fsp3) is 0.0833. The molecule has 6 heteroatoms. The fourth-order valence-electron chi connectivity index (χ4n) is 1.34. The monoisotopic (exact) mass is 389 g/mol. The van der Waals surface area contributed by atoms with Crippen molar-refractivity contribution in [1.29, 1.82) is 0 Å². The highest BCUT2D eigenvalue weighted by Gasteiger charge is 2.11. The summed E-state index contributed by atoms with van der Waals surface area (Å²) >= 11 is 8.07. The number of carbonyl (C=O) groups excluding carboxylic acids is 1. The second-order valence-corrected chi connectivity index (χ2v) is 6.81. The van der Waals surface area contributed by atoms with Gasteiger partial charge in [-0.05, 0) is 55.6 Å². The summed E-state index contributed by atoms with van der Waals surface area (Å²) in [6, 6.07) is 8.52. The summed E-state index contributed by atoms with van der Waals surface area (Å²) in [5, 5.41) is 12.0. The smallest absolute Gasteiger partial charge is 0.261 e. The normalized spacial score (nSPS) is 10.3. The molecule has 3 nitrogen and oxygen atoms in total. The molecular formula is C12H9Br2NO2S. The standard InChI is InChI=1S/C12H9Br2NO2S/c13-9-5-10(18-11(9)14)12(17)15-6-7-1-3-8(16)4-2-7/h1-5,16H,6H2,(H,15,17). The first kappa shape index (κ1) is 13.6. The number of nitrogens with one attached hydrogen (secondary N) is 1. The van der Waals surface area contributed by atoms with Gasteiger partial charge in [0.05, 0.1) is 8.66 Å². The van der Waals surface area contributed by atoms with E-state index in [1.807, 2.05) is 0 Å². The topological polar surface area (TPSA) is 49.3 Å². The van der Waals surface area contributed by atoms with Crippen LogP contribution in [0.4, 0.5) is 0 Å². The van der Waals surface area contributed by atoms with Crippen LogP contribution in [0.15, 0.2) is 38.6 Å². The Bertz CT molecular complexity index is 546. The van der Waals surface area contributed by atoms with Crippen LogP contribution in [0.3, 0.4) is 0 Å². The Hall–Kier alpha value is -0.850. The van der Waals surface area contributed by atoms with Gasteiger partial charge in [0.2, 0.25) is 0 Å². The van der Waals surface area contributed by atoms with Crippen LogP contribution in [0.1, 0.15) is 15.2 Å². The van der Waals surface area contributed by atoms with Crippen molar-refractivity contribution in [2.75, 3.05) is 0 Å². The van der Waals surface area contributed by atoms with Gasteiger partial charge in [-0.15, -0.1) is 11.3 Å². The Kier molecular flexibility index (Phi) is 4.42. The third-order valence-corrected chi connectivity index (χ3v) is 5.51. The molecule has 0 aliphatic carbocycles. The van der Waals surface area contributed by atoms with Crippen LogP contribution in [0.2, 0.25) is 0 Å². The van der Waals surface area contributed by atoms with Gasteiger partial charge in [-0.1, -0.05) is 12.1 Å². The molecule has 1 heterocycles. The van der Waals surface area contributed by atoms with Gasteiger partial charge in [-0.2, -0.15) is 0 Å². The number of thiophene rings is 1. The number of rotatable bonds is 3. The Labute approximate surface area is 125 Å². The van der Waals surface area contributed by atoms with Crippen molar-refractivity contribution in [3.63, 3.8) is 0 Å². The predicted molar refractivity (Wildman–Crippen MR) is 79.0 cm³/mol. The van der Waals surface area contributed by atoms with E-state index < -0.39 is 0 Å². The molecule has 0 saturated heterocycles. The van der Waals surface area contributed by atoms with Crippen LogP contribution >= 0.6 is 43.2 Å². The molecular weight excluding hydrogens is 382 g/mol. The van der Waals surface area contributed by atoms with E-state index in [-0.39, 0.29) is 11.7 Å². The van der Waals surface area contributed by atoms with Crippen molar-refractivity contribution in [2.24, 2.45) is 0 Å². The number of halogens is 2. The van der Waals surface area contributed by atoms with Gasteiger partial charge in [0.25, 0.3) is 5.91 Å². The second-order valence-electron chi connectivity index (χ2n) is 3.58. The molecule has 2 N–H and O–H groups in total. The highest BCUT2D eigenvalue weighted by molar-refractivity contribution is 9.13. The highest BCUT2D eigenvalue weighted by Crippen LogP contribution is 2.32. The first-order valence-electron chi connectivity index (χ1n) is 5.07. The minimum Gasteiger partial charge on any atom is -0.508 e. The van der Waals surface area contributed by atoms with E-state index in [9.17, 15) is 4.79 Å². The SMILES string of the molecule is O=C(NCc1ccc(O)cc1)c1cc(Br)c(Br)s1.